The maximum atomic E-state index is 13.4. The van der Waals surface area contributed by atoms with Gasteiger partial charge in [-0.2, -0.15) is 5.26 Å². The second kappa shape index (κ2) is 9.23. The minimum Gasteiger partial charge on any atom is -0.448 e. The Kier molecular flexibility index (Phi) is 5.77. The largest absolute Gasteiger partial charge is 0.448 e. The van der Waals surface area contributed by atoms with Crippen molar-refractivity contribution in [3.63, 3.8) is 0 Å². The predicted molar refractivity (Wildman–Crippen MR) is 134 cm³/mol. The molecule has 36 heavy (non-hydrogen) atoms. The number of carbonyl (C=O) groups is 2. The van der Waals surface area contributed by atoms with Crippen molar-refractivity contribution in [1.29, 1.82) is 5.26 Å². The molecule has 2 aliphatic heterocycles. The van der Waals surface area contributed by atoms with E-state index in [-0.39, 0.29) is 35.8 Å². The zero-order valence-corrected chi connectivity index (χ0v) is 20.0. The zero-order chi connectivity index (χ0) is 24.6. The lowest BCUT2D eigenvalue weighted by atomic mass is 9.76. The third kappa shape index (κ3) is 3.85. The molecule has 1 amide bonds. The number of rotatable bonds is 4. The van der Waals surface area contributed by atoms with Gasteiger partial charge in [-0.05, 0) is 60.4 Å². The lowest BCUT2D eigenvalue weighted by molar-refractivity contribution is 0.00650. The van der Waals surface area contributed by atoms with Crippen LogP contribution in [0.2, 0.25) is 0 Å². The minimum atomic E-state index is -0.273. The average molecular weight is 478 g/mol. The van der Waals surface area contributed by atoms with Crippen LogP contribution in [-0.2, 0) is 4.74 Å². The summed E-state index contributed by atoms with van der Waals surface area (Å²) in [7, 11) is 0. The molecule has 0 radical (unpaired) electrons. The second-order valence-corrected chi connectivity index (χ2v) is 10.1. The molecule has 0 spiro atoms. The Morgan fingerprint density at radius 2 is 1.61 bits per heavy atom. The maximum Gasteiger partial charge on any atom is 0.410 e. The van der Waals surface area contributed by atoms with Gasteiger partial charge in [-0.15, -0.1) is 0 Å². The first-order valence-corrected chi connectivity index (χ1v) is 12.7. The quantitative estimate of drug-likeness (QED) is 0.449. The molecule has 2 aromatic carbocycles. The van der Waals surface area contributed by atoms with Gasteiger partial charge in [0.05, 0.1) is 5.56 Å². The number of amides is 1. The van der Waals surface area contributed by atoms with Crippen molar-refractivity contribution in [3.05, 3.63) is 89.2 Å². The fourth-order valence-corrected chi connectivity index (χ4v) is 6.43. The summed E-state index contributed by atoms with van der Waals surface area (Å²) in [6.45, 7) is 0.303. The Bertz CT molecular complexity index is 1320. The number of hydrogen-bond acceptors (Lipinski definition) is 5. The molecule has 3 aromatic rings. The van der Waals surface area contributed by atoms with E-state index in [4.69, 9.17) is 10.00 Å². The van der Waals surface area contributed by atoms with Crippen molar-refractivity contribution in [2.75, 3.05) is 6.61 Å². The molecule has 2 atom stereocenters. The highest BCUT2D eigenvalue weighted by atomic mass is 16.6. The molecule has 2 saturated heterocycles. The molecule has 1 aliphatic carbocycles. The summed E-state index contributed by atoms with van der Waals surface area (Å²) in [6.07, 6.45) is 6.77. The summed E-state index contributed by atoms with van der Waals surface area (Å²) in [5.41, 5.74) is 5.68. The Morgan fingerprint density at radius 3 is 2.25 bits per heavy atom. The summed E-state index contributed by atoms with van der Waals surface area (Å²) in [5.74, 6) is -0.127. The molecule has 0 N–H and O–H groups in total. The van der Waals surface area contributed by atoms with E-state index in [1.54, 1.807) is 6.07 Å². The van der Waals surface area contributed by atoms with E-state index < -0.39 is 0 Å². The lowest BCUT2D eigenvalue weighted by Gasteiger charge is -2.47. The predicted octanol–water partition coefficient (Wildman–Crippen LogP) is 5.72. The van der Waals surface area contributed by atoms with Crippen molar-refractivity contribution in [1.82, 2.24) is 9.88 Å². The summed E-state index contributed by atoms with van der Waals surface area (Å²) in [4.78, 5) is 32.6. The molecule has 0 saturated carbocycles. The normalized spacial score (nSPS) is 22.3. The number of Topliss-reactive ketones (excluding diaryl/α,β-unsaturated/α-hetero) is 1. The van der Waals surface area contributed by atoms with E-state index in [0.717, 1.165) is 19.3 Å². The molecule has 2 unspecified atom stereocenters. The van der Waals surface area contributed by atoms with Crippen LogP contribution in [-0.4, -0.2) is 40.5 Å². The Balaban J connectivity index is 1.16. The second-order valence-electron chi connectivity index (χ2n) is 10.1. The first kappa shape index (κ1) is 22.5. The van der Waals surface area contributed by atoms with Crippen LogP contribution in [0.25, 0.3) is 11.1 Å². The zero-order valence-electron chi connectivity index (χ0n) is 20.0. The van der Waals surface area contributed by atoms with Crippen molar-refractivity contribution in [2.45, 2.75) is 50.1 Å². The van der Waals surface area contributed by atoms with Crippen molar-refractivity contribution in [2.24, 2.45) is 5.92 Å². The third-order valence-electron chi connectivity index (χ3n) is 8.04. The molecule has 180 valence electrons. The van der Waals surface area contributed by atoms with Crippen LogP contribution in [0.4, 0.5) is 4.79 Å². The summed E-state index contributed by atoms with van der Waals surface area (Å²) in [6, 6.07) is 20.3. The van der Waals surface area contributed by atoms with E-state index >= 15 is 0 Å². The van der Waals surface area contributed by atoms with Gasteiger partial charge in [0, 0.05) is 41.9 Å². The highest BCUT2D eigenvalue weighted by Crippen LogP contribution is 2.45. The number of ether oxygens (including phenoxy) is 1. The van der Waals surface area contributed by atoms with Gasteiger partial charge < -0.3 is 9.64 Å². The maximum absolute atomic E-state index is 13.4. The molecule has 3 heterocycles. The van der Waals surface area contributed by atoms with Gasteiger partial charge >= 0.3 is 6.09 Å². The van der Waals surface area contributed by atoms with Gasteiger partial charge in [0.15, 0.2) is 5.78 Å². The number of nitriles is 1. The number of carbonyl (C=O) groups excluding carboxylic acids is 2. The van der Waals surface area contributed by atoms with Crippen molar-refractivity contribution < 1.29 is 14.3 Å². The number of ketones is 1. The minimum absolute atomic E-state index is 0.00536. The Morgan fingerprint density at radius 1 is 0.972 bits per heavy atom. The Hall–Kier alpha value is -3.98. The van der Waals surface area contributed by atoms with Gasteiger partial charge in [-0.25, -0.2) is 4.79 Å². The van der Waals surface area contributed by atoms with E-state index in [2.05, 4.69) is 35.3 Å². The SMILES string of the molecule is N#Cc1cncc(C(=O)C2CC3CCCC(C2)N3C(=O)OCC2c3ccccc3-c3ccccc32)c1. The lowest BCUT2D eigenvalue weighted by Crippen LogP contribution is -2.55. The smallest absolute Gasteiger partial charge is 0.410 e. The highest BCUT2D eigenvalue weighted by molar-refractivity contribution is 5.98. The van der Waals surface area contributed by atoms with Crippen molar-refractivity contribution in [3.8, 4) is 17.2 Å². The molecular formula is C30H27N3O3. The number of nitrogens with zero attached hydrogens (tertiary/aromatic N) is 3. The van der Waals surface area contributed by atoms with E-state index in [1.165, 1.54) is 34.6 Å². The van der Waals surface area contributed by atoms with Gasteiger partial charge in [-0.3, -0.25) is 9.78 Å². The number of aromatic nitrogens is 1. The summed E-state index contributed by atoms with van der Waals surface area (Å²) < 4.78 is 5.98. The number of piperidine rings is 2. The van der Waals surface area contributed by atoms with Gasteiger partial charge in [-0.1, -0.05) is 48.5 Å². The molecule has 3 aliphatic rings. The van der Waals surface area contributed by atoms with Crippen LogP contribution in [0.15, 0.2) is 67.0 Å². The molecule has 1 aromatic heterocycles. The van der Waals surface area contributed by atoms with Gasteiger partial charge in [0.1, 0.15) is 12.7 Å². The van der Waals surface area contributed by atoms with Crippen LogP contribution in [0.1, 0.15) is 65.1 Å². The molecular weight excluding hydrogens is 450 g/mol. The Labute approximate surface area is 210 Å². The molecule has 2 fully saturated rings. The number of pyridine rings is 1. The standard InChI is InChI=1S/C30H27N3O3/c31-15-19-12-21(17-32-16-19)29(34)20-13-22-6-5-7-23(14-20)33(22)30(35)36-18-28-26-10-3-1-8-24(26)25-9-2-4-11-27(25)28/h1-4,8-12,16-17,20,22-23,28H,5-7,13-14,18H2. The van der Waals surface area contributed by atoms with Gasteiger partial charge in [0.2, 0.25) is 0 Å². The topological polar surface area (TPSA) is 83.3 Å². The van der Waals surface area contributed by atoms with E-state index in [1.807, 2.05) is 29.2 Å². The molecule has 6 rings (SSSR count). The number of benzene rings is 2. The molecule has 6 nitrogen and oxygen atoms in total. The summed E-state index contributed by atoms with van der Waals surface area (Å²) >= 11 is 0. The van der Waals surface area contributed by atoms with Crippen LogP contribution >= 0.6 is 0 Å². The third-order valence-corrected chi connectivity index (χ3v) is 8.04. The first-order valence-electron chi connectivity index (χ1n) is 12.7. The van der Waals surface area contributed by atoms with Crippen LogP contribution in [0.3, 0.4) is 0 Å². The average Bonchev–Trinajstić information content (AvgIpc) is 3.24. The van der Waals surface area contributed by atoms with E-state index in [9.17, 15) is 9.59 Å². The summed E-state index contributed by atoms with van der Waals surface area (Å²) in [5, 5.41) is 9.16. The molecule has 6 heteroatoms. The highest BCUT2D eigenvalue weighted by Gasteiger charge is 2.44. The van der Waals surface area contributed by atoms with Gasteiger partial charge in [0.25, 0.3) is 0 Å². The van der Waals surface area contributed by atoms with E-state index in [0.29, 0.717) is 30.6 Å². The monoisotopic (exact) mass is 477 g/mol. The molecule has 2 bridgehead atoms. The fraction of sp³-hybridized carbons (Fsp3) is 0.333. The van der Waals surface area contributed by atoms with Crippen LogP contribution in [0.5, 0.6) is 0 Å². The van der Waals surface area contributed by atoms with Crippen molar-refractivity contribution >= 4 is 11.9 Å². The fourth-order valence-electron chi connectivity index (χ4n) is 6.43. The number of fused-ring (bicyclic) bond motifs is 5. The van der Waals surface area contributed by atoms with Crippen LogP contribution in [0, 0.1) is 17.2 Å². The number of hydrogen-bond donors (Lipinski definition) is 0. The van der Waals surface area contributed by atoms with Crippen LogP contribution < -0.4 is 0 Å². The first-order chi connectivity index (χ1) is 17.6.